The van der Waals surface area contributed by atoms with Crippen molar-refractivity contribution in [3.05, 3.63) is 53.6 Å². The van der Waals surface area contributed by atoms with Crippen molar-refractivity contribution in [2.45, 2.75) is 26.7 Å². The van der Waals surface area contributed by atoms with Crippen molar-refractivity contribution in [3.63, 3.8) is 0 Å². The minimum atomic E-state index is 0.0811. The summed E-state index contributed by atoms with van der Waals surface area (Å²) in [6.07, 6.45) is 1.22. The summed E-state index contributed by atoms with van der Waals surface area (Å²) in [5.41, 5.74) is 3.03. The highest BCUT2D eigenvalue weighted by atomic mass is 16.5. The van der Waals surface area contributed by atoms with Gasteiger partial charge in [-0.15, -0.1) is 0 Å². The van der Waals surface area contributed by atoms with Crippen LogP contribution in [-0.4, -0.2) is 25.7 Å². The van der Waals surface area contributed by atoms with E-state index in [-0.39, 0.29) is 5.91 Å². The zero-order valence-corrected chi connectivity index (χ0v) is 14.2. The SMILES string of the molecule is CCN(C(=O)Cc1ccc2c(c1)OCCCO2)c1cccc(C)c1. The molecule has 4 nitrogen and oxygen atoms in total. The van der Waals surface area contributed by atoms with E-state index in [1.807, 2.05) is 61.2 Å². The van der Waals surface area contributed by atoms with E-state index in [0.717, 1.165) is 34.7 Å². The number of ether oxygens (including phenoxy) is 2. The number of rotatable bonds is 4. The Kier molecular flexibility index (Phi) is 5.04. The van der Waals surface area contributed by atoms with Gasteiger partial charge in [-0.3, -0.25) is 4.79 Å². The van der Waals surface area contributed by atoms with Crippen LogP contribution in [-0.2, 0) is 11.2 Å². The Morgan fingerprint density at radius 1 is 1.08 bits per heavy atom. The number of aryl methyl sites for hydroxylation is 1. The molecule has 1 aliphatic rings. The minimum Gasteiger partial charge on any atom is -0.490 e. The average molecular weight is 325 g/mol. The van der Waals surface area contributed by atoms with Crippen molar-refractivity contribution in [2.24, 2.45) is 0 Å². The molecule has 2 aromatic carbocycles. The minimum absolute atomic E-state index is 0.0811. The Morgan fingerprint density at radius 3 is 2.62 bits per heavy atom. The Hall–Kier alpha value is -2.49. The number of benzene rings is 2. The predicted octanol–water partition coefficient (Wildman–Crippen LogP) is 3.75. The number of carbonyl (C=O) groups excluding carboxylic acids is 1. The van der Waals surface area contributed by atoms with Gasteiger partial charge in [-0.25, -0.2) is 0 Å². The number of nitrogens with zero attached hydrogens (tertiary/aromatic N) is 1. The third-order valence-electron chi connectivity index (χ3n) is 4.10. The summed E-state index contributed by atoms with van der Waals surface area (Å²) in [4.78, 5) is 14.6. The van der Waals surface area contributed by atoms with Crippen LogP contribution in [0.2, 0.25) is 0 Å². The topological polar surface area (TPSA) is 38.8 Å². The second-order valence-corrected chi connectivity index (χ2v) is 5.99. The number of hydrogen-bond acceptors (Lipinski definition) is 3. The highest BCUT2D eigenvalue weighted by Crippen LogP contribution is 2.30. The van der Waals surface area contributed by atoms with Crippen molar-refractivity contribution in [1.82, 2.24) is 0 Å². The summed E-state index contributed by atoms with van der Waals surface area (Å²) >= 11 is 0. The van der Waals surface area contributed by atoms with Gasteiger partial charge in [-0.1, -0.05) is 18.2 Å². The molecule has 1 amide bonds. The first kappa shape index (κ1) is 16.4. The van der Waals surface area contributed by atoms with E-state index in [9.17, 15) is 4.79 Å². The van der Waals surface area contributed by atoms with Gasteiger partial charge in [0.25, 0.3) is 0 Å². The van der Waals surface area contributed by atoms with Gasteiger partial charge in [-0.2, -0.15) is 0 Å². The van der Waals surface area contributed by atoms with Gasteiger partial charge < -0.3 is 14.4 Å². The summed E-state index contributed by atoms with van der Waals surface area (Å²) in [6.45, 7) is 5.99. The molecule has 0 saturated carbocycles. The van der Waals surface area contributed by atoms with Crippen LogP contribution < -0.4 is 14.4 Å². The number of carbonyl (C=O) groups is 1. The van der Waals surface area contributed by atoms with Gasteiger partial charge in [0, 0.05) is 18.7 Å². The molecule has 1 heterocycles. The van der Waals surface area contributed by atoms with Crippen LogP contribution in [0.15, 0.2) is 42.5 Å². The normalized spacial score (nSPS) is 13.2. The molecule has 0 saturated heterocycles. The van der Waals surface area contributed by atoms with E-state index in [2.05, 4.69) is 0 Å². The molecule has 0 fully saturated rings. The quantitative estimate of drug-likeness (QED) is 0.859. The molecule has 0 spiro atoms. The largest absolute Gasteiger partial charge is 0.490 e. The van der Waals surface area contributed by atoms with Crippen LogP contribution in [0.4, 0.5) is 5.69 Å². The summed E-state index contributed by atoms with van der Waals surface area (Å²) in [5.74, 6) is 1.57. The molecule has 24 heavy (non-hydrogen) atoms. The van der Waals surface area contributed by atoms with Crippen LogP contribution in [0.3, 0.4) is 0 Å². The smallest absolute Gasteiger partial charge is 0.231 e. The Labute approximate surface area is 143 Å². The third kappa shape index (κ3) is 3.70. The number of likely N-dealkylation sites (N-methyl/N-ethyl adjacent to an activating group) is 1. The van der Waals surface area contributed by atoms with E-state index in [0.29, 0.717) is 26.2 Å². The van der Waals surface area contributed by atoms with Crippen molar-refractivity contribution in [3.8, 4) is 11.5 Å². The predicted molar refractivity (Wildman–Crippen MR) is 95.0 cm³/mol. The van der Waals surface area contributed by atoms with Gasteiger partial charge in [-0.05, 0) is 49.2 Å². The first-order valence-electron chi connectivity index (χ1n) is 8.43. The molecule has 126 valence electrons. The molecule has 2 aromatic rings. The molecular weight excluding hydrogens is 302 g/mol. The molecule has 1 aliphatic heterocycles. The van der Waals surface area contributed by atoms with E-state index < -0.39 is 0 Å². The lowest BCUT2D eigenvalue weighted by molar-refractivity contribution is -0.117. The first-order valence-corrected chi connectivity index (χ1v) is 8.43. The maximum Gasteiger partial charge on any atom is 0.231 e. The van der Waals surface area contributed by atoms with Crippen molar-refractivity contribution >= 4 is 11.6 Å². The fourth-order valence-corrected chi connectivity index (χ4v) is 2.89. The van der Waals surface area contributed by atoms with E-state index in [1.54, 1.807) is 0 Å². The molecular formula is C20H23NO3. The Bertz CT molecular complexity index is 727. The fourth-order valence-electron chi connectivity index (χ4n) is 2.89. The fraction of sp³-hybridized carbons (Fsp3) is 0.350. The molecule has 0 aliphatic carbocycles. The van der Waals surface area contributed by atoms with Gasteiger partial charge in [0.05, 0.1) is 19.6 Å². The van der Waals surface area contributed by atoms with Crippen LogP contribution in [0.25, 0.3) is 0 Å². The molecule has 0 radical (unpaired) electrons. The second kappa shape index (κ2) is 7.39. The van der Waals surface area contributed by atoms with Crippen molar-refractivity contribution in [1.29, 1.82) is 0 Å². The number of fused-ring (bicyclic) bond motifs is 1. The maximum absolute atomic E-state index is 12.7. The van der Waals surface area contributed by atoms with E-state index in [1.165, 1.54) is 0 Å². The third-order valence-corrected chi connectivity index (χ3v) is 4.10. The first-order chi connectivity index (χ1) is 11.7. The highest BCUT2D eigenvalue weighted by molar-refractivity contribution is 5.94. The standard InChI is InChI=1S/C20H23NO3/c1-3-21(17-7-4-6-15(2)12-17)20(22)14-16-8-9-18-19(13-16)24-11-5-10-23-18/h4,6-9,12-13H,3,5,10-11,14H2,1-2H3. The molecule has 0 atom stereocenters. The zero-order valence-electron chi connectivity index (χ0n) is 14.2. The summed E-state index contributed by atoms with van der Waals surface area (Å²) in [5, 5.41) is 0. The van der Waals surface area contributed by atoms with Gasteiger partial charge >= 0.3 is 0 Å². The molecule has 4 heteroatoms. The molecule has 0 aromatic heterocycles. The van der Waals surface area contributed by atoms with E-state index >= 15 is 0 Å². The van der Waals surface area contributed by atoms with Crippen molar-refractivity contribution in [2.75, 3.05) is 24.7 Å². The summed E-state index contributed by atoms with van der Waals surface area (Å²) in [6, 6.07) is 13.8. The number of hydrogen-bond donors (Lipinski definition) is 0. The Morgan fingerprint density at radius 2 is 1.88 bits per heavy atom. The highest BCUT2D eigenvalue weighted by Gasteiger charge is 2.17. The van der Waals surface area contributed by atoms with E-state index in [4.69, 9.17) is 9.47 Å². The molecule has 0 N–H and O–H groups in total. The molecule has 3 rings (SSSR count). The zero-order chi connectivity index (χ0) is 16.9. The van der Waals surface area contributed by atoms with Crippen LogP contribution in [0.5, 0.6) is 11.5 Å². The summed E-state index contributed by atoms with van der Waals surface area (Å²) < 4.78 is 11.3. The summed E-state index contributed by atoms with van der Waals surface area (Å²) in [7, 11) is 0. The lowest BCUT2D eigenvalue weighted by Gasteiger charge is -2.22. The number of amides is 1. The van der Waals surface area contributed by atoms with Gasteiger partial charge in [0.1, 0.15) is 0 Å². The number of anilines is 1. The molecule has 0 bridgehead atoms. The second-order valence-electron chi connectivity index (χ2n) is 5.99. The van der Waals surface area contributed by atoms with Gasteiger partial charge in [0.2, 0.25) is 5.91 Å². The molecule has 0 unspecified atom stereocenters. The monoisotopic (exact) mass is 325 g/mol. The van der Waals surface area contributed by atoms with Crippen LogP contribution in [0, 0.1) is 6.92 Å². The lowest BCUT2D eigenvalue weighted by Crippen LogP contribution is -2.32. The average Bonchev–Trinajstić information content (AvgIpc) is 2.80. The lowest BCUT2D eigenvalue weighted by atomic mass is 10.1. The van der Waals surface area contributed by atoms with Crippen LogP contribution >= 0.6 is 0 Å². The van der Waals surface area contributed by atoms with Crippen molar-refractivity contribution < 1.29 is 14.3 Å². The van der Waals surface area contributed by atoms with Gasteiger partial charge in [0.15, 0.2) is 11.5 Å². The van der Waals surface area contributed by atoms with Crippen LogP contribution in [0.1, 0.15) is 24.5 Å². The maximum atomic E-state index is 12.7. The Balaban J connectivity index is 1.77.